The smallest absolute Gasteiger partial charge is 0.329 e. The van der Waals surface area contributed by atoms with Crippen LogP contribution in [0.2, 0.25) is 0 Å². The zero-order chi connectivity index (χ0) is 15.9. The van der Waals surface area contributed by atoms with Gasteiger partial charge in [0, 0.05) is 6.54 Å². The highest BCUT2D eigenvalue weighted by atomic mass is 19.2. The Balaban J connectivity index is 2.68. The maximum Gasteiger partial charge on any atom is 0.329 e. The van der Waals surface area contributed by atoms with Gasteiger partial charge in [-0.2, -0.15) is 0 Å². The summed E-state index contributed by atoms with van der Waals surface area (Å²) in [5, 5.41) is 9.26. The van der Waals surface area contributed by atoms with Gasteiger partial charge in [0.2, 0.25) is 5.82 Å². The van der Waals surface area contributed by atoms with Crippen molar-refractivity contribution in [1.82, 2.24) is 0 Å². The SMILES string of the molecule is CC1(C(=O)O)CCCCN1c1c(F)c(F)c(F)c(F)c1F. The summed E-state index contributed by atoms with van der Waals surface area (Å²) in [4.78, 5) is 12.1. The minimum Gasteiger partial charge on any atom is -0.480 e. The summed E-state index contributed by atoms with van der Waals surface area (Å²) in [5.41, 5.74) is -2.91. The van der Waals surface area contributed by atoms with E-state index in [1.165, 1.54) is 6.92 Å². The number of benzene rings is 1. The Morgan fingerprint density at radius 1 is 1.00 bits per heavy atom. The number of hydrogen-bond acceptors (Lipinski definition) is 2. The number of carboxylic acid groups (broad SMARTS) is 1. The maximum atomic E-state index is 13.8. The number of carbonyl (C=O) groups is 1. The van der Waals surface area contributed by atoms with Gasteiger partial charge in [0.15, 0.2) is 23.3 Å². The summed E-state index contributed by atoms with van der Waals surface area (Å²) in [6, 6.07) is 0. The highest BCUT2D eigenvalue weighted by molar-refractivity contribution is 5.83. The molecule has 0 bridgehead atoms. The highest BCUT2D eigenvalue weighted by Crippen LogP contribution is 2.38. The molecule has 1 heterocycles. The molecule has 0 aliphatic carbocycles. The second kappa shape index (κ2) is 5.16. The van der Waals surface area contributed by atoms with E-state index >= 15 is 0 Å². The van der Waals surface area contributed by atoms with Crippen LogP contribution in [0, 0.1) is 29.1 Å². The molecule has 3 nitrogen and oxygen atoms in total. The zero-order valence-electron chi connectivity index (χ0n) is 11.0. The quantitative estimate of drug-likeness (QED) is 0.518. The van der Waals surface area contributed by atoms with Crippen molar-refractivity contribution in [3.05, 3.63) is 29.1 Å². The number of nitrogens with zero attached hydrogens (tertiary/aromatic N) is 1. The fraction of sp³-hybridized carbons (Fsp3) is 0.462. The first-order chi connectivity index (χ1) is 9.71. The van der Waals surface area contributed by atoms with Crippen molar-refractivity contribution in [3.8, 4) is 0 Å². The maximum absolute atomic E-state index is 13.8. The van der Waals surface area contributed by atoms with Crippen molar-refractivity contribution in [3.63, 3.8) is 0 Å². The van der Waals surface area contributed by atoms with E-state index in [4.69, 9.17) is 0 Å². The monoisotopic (exact) mass is 309 g/mol. The van der Waals surface area contributed by atoms with Crippen LogP contribution >= 0.6 is 0 Å². The number of anilines is 1. The van der Waals surface area contributed by atoms with E-state index in [0.29, 0.717) is 12.8 Å². The minimum atomic E-state index is -2.26. The van der Waals surface area contributed by atoms with Gasteiger partial charge in [-0.05, 0) is 26.2 Å². The van der Waals surface area contributed by atoms with E-state index in [2.05, 4.69) is 0 Å². The van der Waals surface area contributed by atoms with Gasteiger partial charge in [-0.3, -0.25) is 0 Å². The van der Waals surface area contributed by atoms with Crippen molar-refractivity contribution < 1.29 is 31.9 Å². The summed E-state index contributed by atoms with van der Waals surface area (Å²) in [5.74, 6) is -11.8. The lowest BCUT2D eigenvalue weighted by Gasteiger charge is -2.43. The summed E-state index contributed by atoms with van der Waals surface area (Å²) < 4.78 is 67.3. The van der Waals surface area contributed by atoms with Crippen LogP contribution in [-0.4, -0.2) is 23.2 Å². The highest BCUT2D eigenvalue weighted by Gasteiger charge is 2.45. The van der Waals surface area contributed by atoms with Crippen LogP contribution in [-0.2, 0) is 4.79 Å². The average Bonchev–Trinajstić information content (AvgIpc) is 2.45. The van der Waals surface area contributed by atoms with Crippen LogP contribution in [0.25, 0.3) is 0 Å². The first-order valence-corrected chi connectivity index (χ1v) is 6.24. The van der Waals surface area contributed by atoms with E-state index < -0.39 is 46.3 Å². The number of hydrogen-bond donors (Lipinski definition) is 1. The third-order valence-electron chi connectivity index (χ3n) is 3.81. The number of halogens is 5. The molecule has 116 valence electrons. The molecule has 2 rings (SSSR count). The molecular weight excluding hydrogens is 297 g/mol. The fourth-order valence-electron chi connectivity index (χ4n) is 2.53. The Morgan fingerprint density at radius 2 is 1.48 bits per heavy atom. The normalized spacial score (nSPS) is 22.5. The van der Waals surface area contributed by atoms with Crippen molar-refractivity contribution in [2.45, 2.75) is 31.7 Å². The largest absolute Gasteiger partial charge is 0.480 e. The van der Waals surface area contributed by atoms with Crippen LogP contribution in [0.1, 0.15) is 26.2 Å². The van der Waals surface area contributed by atoms with Crippen LogP contribution in [0.15, 0.2) is 0 Å². The van der Waals surface area contributed by atoms with Crippen LogP contribution in [0.5, 0.6) is 0 Å². The van der Waals surface area contributed by atoms with Gasteiger partial charge in [-0.1, -0.05) is 0 Å². The molecule has 21 heavy (non-hydrogen) atoms. The standard InChI is InChI=1S/C13H12F5NO2/c1-13(12(20)21)4-2-3-5-19(13)11-9(17)7(15)6(14)8(16)10(11)18/h2-5H2,1H3,(H,20,21). The molecule has 8 heteroatoms. The van der Waals surface area contributed by atoms with Crippen molar-refractivity contribution in [2.75, 3.05) is 11.4 Å². The molecule has 1 aliphatic heterocycles. The van der Waals surface area contributed by atoms with Crippen molar-refractivity contribution in [1.29, 1.82) is 0 Å². The Bertz CT molecular complexity index is 578. The predicted octanol–water partition coefficient (Wildman–Crippen LogP) is 3.22. The molecule has 1 aromatic rings. The summed E-state index contributed by atoms with van der Waals surface area (Å²) in [7, 11) is 0. The molecular formula is C13H12F5NO2. The van der Waals surface area contributed by atoms with Crippen molar-refractivity contribution in [2.24, 2.45) is 0 Å². The second-order valence-electron chi connectivity index (χ2n) is 5.11. The lowest BCUT2D eigenvalue weighted by molar-refractivity contribution is -0.143. The number of rotatable bonds is 2. The molecule has 1 fully saturated rings. The molecule has 1 atom stereocenters. The lowest BCUT2D eigenvalue weighted by Crippen LogP contribution is -2.56. The molecule has 0 radical (unpaired) electrons. The molecule has 1 aliphatic rings. The van der Waals surface area contributed by atoms with Crippen LogP contribution in [0.3, 0.4) is 0 Å². The summed E-state index contributed by atoms with van der Waals surface area (Å²) >= 11 is 0. The molecule has 0 amide bonds. The molecule has 1 saturated heterocycles. The summed E-state index contributed by atoms with van der Waals surface area (Å²) in [6.45, 7) is 1.09. The molecule has 0 spiro atoms. The van der Waals surface area contributed by atoms with Gasteiger partial charge in [-0.25, -0.2) is 26.7 Å². The topological polar surface area (TPSA) is 40.5 Å². The minimum absolute atomic E-state index is 0.0435. The Kier molecular flexibility index (Phi) is 3.81. The lowest BCUT2D eigenvalue weighted by atomic mass is 9.87. The van der Waals surface area contributed by atoms with E-state index in [1.54, 1.807) is 0 Å². The Hall–Kier alpha value is -1.86. The van der Waals surface area contributed by atoms with E-state index in [9.17, 15) is 31.9 Å². The average molecular weight is 309 g/mol. The summed E-state index contributed by atoms with van der Waals surface area (Å²) in [6.07, 6.45) is 0.916. The Labute approximate surface area is 117 Å². The fourth-order valence-corrected chi connectivity index (χ4v) is 2.53. The number of aliphatic carboxylic acids is 1. The second-order valence-corrected chi connectivity index (χ2v) is 5.11. The third-order valence-corrected chi connectivity index (χ3v) is 3.81. The molecule has 0 aromatic heterocycles. The van der Waals surface area contributed by atoms with Gasteiger partial charge in [-0.15, -0.1) is 0 Å². The first kappa shape index (κ1) is 15.5. The van der Waals surface area contributed by atoms with Crippen LogP contribution in [0.4, 0.5) is 27.6 Å². The van der Waals surface area contributed by atoms with E-state index in [-0.39, 0.29) is 13.0 Å². The van der Waals surface area contributed by atoms with Gasteiger partial charge in [0.1, 0.15) is 11.2 Å². The zero-order valence-corrected chi connectivity index (χ0v) is 11.0. The number of piperidine rings is 1. The Morgan fingerprint density at radius 3 is 1.95 bits per heavy atom. The van der Waals surface area contributed by atoms with Gasteiger partial charge < -0.3 is 10.0 Å². The van der Waals surface area contributed by atoms with Gasteiger partial charge in [0.25, 0.3) is 0 Å². The van der Waals surface area contributed by atoms with Crippen LogP contribution < -0.4 is 4.90 Å². The third kappa shape index (κ3) is 2.22. The predicted molar refractivity (Wildman–Crippen MR) is 63.5 cm³/mol. The van der Waals surface area contributed by atoms with E-state index in [1.807, 2.05) is 0 Å². The van der Waals surface area contributed by atoms with E-state index in [0.717, 1.165) is 4.90 Å². The van der Waals surface area contributed by atoms with Crippen molar-refractivity contribution >= 4 is 11.7 Å². The molecule has 1 unspecified atom stereocenters. The molecule has 0 saturated carbocycles. The van der Waals surface area contributed by atoms with Gasteiger partial charge >= 0.3 is 5.97 Å². The number of carboxylic acids is 1. The molecule has 1 aromatic carbocycles. The first-order valence-electron chi connectivity index (χ1n) is 6.24. The van der Waals surface area contributed by atoms with Gasteiger partial charge in [0.05, 0.1) is 0 Å². The molecule has 1 N–H and O–H groups in total.